The molecular weight excluding hydrogens is 476 g/mol. The van der Waals surface area contributed by atoms with E-state index in [-0.39, 0.29) is 0 Å². The van der Waals surface area contributed by atoms with Gasteiger partial charge in [-0.05, 0) is 184 Å². The molecule has 7 rings (SSSR count). The molecule has 6 fully saturated rings. The van der Waals surface area contributed by atoms with Crippen LogP contribution in [0, 0.1) is 53.3 Å². The second kappa shape index (κ2) is 10.5. The molecule has 1 aromatic carbocycles. The minimum atomic E-state index is -0.626. The highest BCUT2D eigenvalue weighted by Gasteiger charge is 2.43. The van der Waals surface area contributed by atoms with Crippen molar-refractivity contribution in [2.24, 2.45) is 53.3 Å². The molecule has 6 bridgehead atoms. The molecule has 2 heteroatoms. The summed E-state index contributed by atoms with van der Waals surface area (Å²) in [5.41, 5.74) is 4.89. The fraction of sp³-hybridized carbons (Fsp3) is 0.811. The van der Waals surface area contributed by atoms with Crippen molar-refractivity contribution in [3.05, 3.63) is 34.4 Å². The third-order valence-corrected chi connectivity index (χ3v) is 13.3. The highest BCUT2D eigenvalue weighted by atomic mass is 16.4. The van der Waals surface area contributed by atoms with Crippen molar-refractivity contribution in [3.63, 3.8) is 0 Å². The third kappa shape index (κ3) is 5.03. The number of carbonyl (C=O) groups is 1. The predicted molar refractivity (Wildman–Crippen MR) is 159 cm³/mol. The monoisotopic (exact) mass is 530 g/mol. The molecule has 0 radical (unpaired) electrons. The zero-order chi connectivity index (χ0) is 26.8. The number of fused-ring (bicyclic) bond motifs is 6. The van der Waals surface area contributed by atoms with E-state index < -0.39 is 5.97 Å². The lowest BCUT2D eigenvalue weighted by atomic mass is 9.58. The Hall–Kier alpha value is -1.31. The van der Waals surface area contributed by atoms with E-state index in [1.807, 2.05) is 0 Å². The summed E-state index contributed by atoms with van der Waals surface area (Å²) in [4.78, 5) is 13.3. The van der Waals surface area contributed by atoms with Gasteiger partial charge in [0.1, 0.15) is 0 Å². The lowest BCUT2D eigenvalue weighted by molar-refractivity contribution is 0.0684. The summed E-state index contributed by atoms with van der Waals surface area (Å²) in [6.45, 7) is 7.39. The molecule has 0 aromatic heterocycles. The summed E-state index contributed by atoms with van der Waals surface area (Å²) in [6, 6.07) is 5.02. The lowest BCUT2D eigenvalue weighted by Crippen LogP contribution is -2.34. The van der Waals surface area contributed by atoms with E-state index in [1.165, 1.54) is 107 Å². The Balaban J connectivity index is 1.33. The Labute approximate surface area is 238 Å². The maximum Gasteiger partial charge on any atom is 0.336 e. The molecule has 39 heavy (non-hydrogen) atoms. The fourth-order valence-electron chi connectivity index (χ4n) is 12.1. The van der Waals surface area contributed by atoms with Crippen molar-refractivity contribution in [2.75, 3.05) is 0 Å². The summed E-state index contributed by atoms with van der Waals surface area (Å²) in [5.74, 6) is 8.25. The van der Waals surface area contributed by atoms with Crippen LogP contribution >= 0.6 is 0 Å². The van der Waals surface area contributed by atoms with Crippen molar-refractivity contribution in [1.29, 1.82) is 0 Å². The van der Waals surface area contributed by atoms with Gasteiger partial charge < -0.3 is 5.11 Å². The van der Waals surface area contributed by atoms with E-state index in [9.17, 15) is 9.90 Å². The van der Waals surface area contributed by atoms with Crippen LogP contribution in [0.5, 0.6) is 0 Å². The number of benzene rings is 1. The number of carboxylic acid groups (broad SMARTS) is 1. The fourth-order valence-corrected chi connectivity index (χ4v) is 12.1. The number of carboxylic acids is 1. The van der Waals surface area contributed by atoms with Crippen molar-refractivity contribution < 1.29 is 9.90 Å². The number of rotatable bonds is 4. The Bertz CT molecular complexity index is 1010. The van der Waals surface area contributed by atoms with E-state index in [0.29, 0.717) is 29.6 Å². The highest BCUT2D eigenvalue weighted by Crippen LogP contribution is 2.56. The van der Waals surface area contributed by atoms with Crippen LogP contribution in [0.2, 0.25) is 0 Å². The number of hydrogen-bond acceptors (Lipinski definition) is 1. The molecule has 1 aromatic rings. The molecule has 6 saturated carbocycles. The summed E-state index contributed by atoms with van der Waals surface area (Å²) < 4.78 is 0. The van der Waals surface area contributed by atoms with E-state index in [2.05, 4.69) is 32.9 Å². The average molecular weight is 531 g/mol. The first-order valence-corrected chi connectivity index (χ1v) is 17.2. The zero-order valence-corrected chi connectivity index (χ0v) is 25.0. The van der Waals surface area contributed by atoms with Gasteiger partial charge in [0.05, 0.1) is 5.56 Å². The van der Waals surface area contributed by atoms with Gasteiger partial charge in [0, 0.05) is 0 Å². The van der Waals surface area contributed by atoms with Crippen LogP contribution in [-0.2, 0) is 0 Å². The van der Waals surface area contributed by atoms with Gasteiger partial charge in [0.15, 0.2) is 0 Å². The SMILES string of the molecule is CC1CC2CCC(c3cc(C4CCC5CC(C)CC4C5)c(C(=O)O)c(C4CCC5CC(C)CC4C5)c3)C(C1)C2. The van der Waals surface area contributed by atoms with E-state index >= 15 is 0 Å². The van der Waals surface area contributed by atoms with Crippen LogP contribution < -0.4 is 0 Å². The van der Waals surface area contributed by atoms with Gasteiger partial charge in [0.2, 0.25) is 0 Å². The quantitative estimate of drug-likeness (QED) is 0.420. The van der Waals surface area contributed by atoms with Crippen LogP contribution in [0.1, 0.15) is 162 Å². The van der Waals surface area contributed by atoms with Crippen LogP contribution in [0.3, 0.4) is 0 Å². The van der Waals surface area contributed by atoms with Crippen molar-refractivity contribution in [3.8, 4) is 0 Å². The molecule has 1 N–H and O–H groups in total. The molecule has 12 atom stereocenters. The van der Waals surface area contributed by atoms with E-state index in [4.69, 9.17) is 0 Å². The summed E-state index contributed by atoms with van der Waals surface area (Å²) in [6.07, 6.45) is 20.0. The first kappa shape index (κ1) is 26.6. The molecular formula is C37H54O2. The Morgan fingerprint density at radius 3 is 1.36 bits per heavy atom. The van der Waals surface area contributed by atoms with Crippen LogP contribution in [0.15, 0.2) is 12.1 Å². The molecule has 2 nitrogen and oxygen atoms in total. The molecule has 0 amide bonds. The number of aromatic carboxylic acids is 1. The first-order chi connectivity index (χ1) is 18.8. The van der Waals surface area contributed by atoms with Crippen molar-refractivity contribution in [2.45, 2.75) is 135 Å². The smallest absolute Gasteiger partial charge is 0.336 e. The van der Waals surface area contributed by atoms with E-state index in [0.717, 1.165) is 47.0 Å². The molecule has 6 aliphatic rings. The molecule has 0 spiro atoms. The molecule has 0 heterocycles. The minimum absolute atomic E-state index is 0.456. The standard InChI is InChI=1S/C37H54O2/c1-21-10-24-4-7-31(27(13-21)16-24)30-19-34(32-8-5-25-11-22(2)14-28(32)17-25)36(37(38)39)35(20-30)33-9-6-26-12-23(3)15-29(33)18-26/h19-29,31-33H,4-18H2,1-3H3,(H,38,39). The third-order valence-electron chi connectivity index (χ3n) is 13.3. The molecule has 0 saturated heterocycles. The summed E-state index contributed by atoms with van der Waals surface area (Å²) in [5, 5.41) is 10.9. The second-order valence-electron chi connectivity index (χ2n) is 16.2. The zero-order valence-electron chi connectivity index (χ0n) is 25.0. The van der Waals surface area contributed by atoms with Crippen LogP contribution in [-0.4, -0.2) is 11.1 Å². The maximum absolute atomic E-state index is 13.3. The Kier molecular flexibility index (Phi) is 7.16. The van der Waals surface area contributed by atoms with Gasteiger partial charge in [-0.15, -0.1) is 0 Å². The van der Waals surface area contributed by atoms with Gasteiger partial charge in [-0.1, -0.05) is 32.9 Å². The van der Waals surface area contributed by atoms with Crippen molar-refractivity contribution >= 4 is 5.97 Å². The van der Waals surface area contributed by atoms with E-state index in [1.54, 1.807) is 5.56 Å². The van der Waals surface area contributed by atoms with Crippen LogP contribution in [0.4, 0.5) is 0 Å². The van der Waals surface area contributed by atoms with Crippen LogP contribution in [0.25, 0.3) is 0 Å². The minimum Gasteiger partial charge on any atom is -0.478 e. The average Bonchev–Trinajstić information content (AvgIpc) is 2.87. The van der Waals surface area contributed by atoms with Gasteiger partial charge in [-0.2, -0.15) is 0 Å². The molecule has 12 unspecified atom stereocenters. The normalized spacial score (nSPS) is 45.5. The summed E-state index contributed by atoms with van der Waals surface area (Å²) in [7, 11) is 0. The predicted octanol–water partition coefficient (Wildman–Crippen LogP) is 10.2. The van der Waals surface area contributed by atoms with Gasteiger partial charge in [0.25, 0.3) is 0 Å². The number of hydrogen-bond donors (Lipinski definition) is 1. The van der Waals surface area contributed by atoms with Gasteiger partial charge in [-0.3, -0.25) is 0 Å². The molecule has 0 aliphatic heterocycles. The second-order valence-corrected chi connectivity index (χ2v) is 16.2. The summed E-state index contributed by atoms with van der Waals surface area (Å²) >= 11 is 0. The van der Waals surface area contributed by atoms with Gasteiger partial charge in [-0.25, -0.2) is 4.79 Å². The Morgan fingerprint density at radius 1 is 0.564 bits per heavy atom. The Morgan fingerprint density at radius 2 is 0.949 bits per heavy atom. The molecule has 6 aliphatic carbocycles. The first-order valence-electron chi connectivity index (χ1n) is 17.2. The topological polar surface area (TPSA) is 37.3 Å². The molecule has 214 valence electrons. The largest absolute Gasteiger partial charge is 0.478 e. The van der Waals surface area contributed by atoms with Crippen molar-refractivity contribution in [1.82, 2.24) is 0 Å². The highest BCUT2D eigenvalue weighted by molar-refractivity contribution is 5.92. The maximum atomic E-state index is 13.3. The lowest BCUT2D eigenvalue weighted by Gasteiger charge is -2.46. The van der Waals surface area contributed by atoms with Gasteiger partial charge >= 0.3 is 5.97 Å².